The minimum atomic E-state index is -0.877. The molecular weight excluding hydrogens is 308 g/mol. The number of esters is 1. The molecule has 1 heterocycles. The van der Waals surface area contributed by atoms with Crippen molar-refractivity contribution < 1.29 is 24.5 Å². The summed E-state index contributed by atoms with van der Waals surface area (Å²) in [5, 5.41) is 20.7. The van der Waals surface area contributed by atoms with Gasteiger partial charge in [-0.05, 0) is 31.6 Å². The second kappa shape index (κ2) is 3.96. The second-order valence-electron chi connectivity index (χ2n) is 8.76. The maximum Gasteiger partial charge on any atom is 0.316 e. The van der Waals surface area contributed by atoms with E-state index in [1.807, 2.05) is 19.1 Å². The lowest BCUT2D eigenvalue weighted by atomic mass is 9.62. The molecule has 5 nitrogen and oxygen atoms in total. The van der Waals surface area contributed by atoms with Gasteiger partial charge < -0.3 is 14.9 Å². The van der Waals surface area contributed by atoms with Crippen LogP contribution in [-0.4, -0.2) is 33.9 Å². The third kappa shape index (κ3) is 1.28. The second-order valence-corrected chi connectivity index (χ2v) is 8.76. The molecule has 1 aliphatic heterocycles. The largest absolute Gasteiger partial charge is 0.481 e. The van der Waals surface area contributed by atoms with E-state index < -0.39 is 34.4 Å². The van der Waals surface area contributed by atoms with Crippen molar-refractivity contribution in [2.24, 2.45) is 34.5 Å². The Balaban J connectivity index is 1.77. The highest BCUT2D eigenvalue weighted by Gasteiger charge is 2.81. The lowest BCUT2D eigenvalue weighted by Gasteiger charge is -2.44. The van der Waals surface area contributed by atoms with Crippen molar-refractivity contribution in [2.45, 2.75) is 44.3 Å². The minimum absolute atomic E-state index is 0.0188. The molecule has 4 aliphatic carbocycles. The smallest absolute Gasteiger partial charge is 0.316 e. The van der Waals surface area contributed by atoms with Crippen LogP contribution < -0.4 is 0 Å². The molecule has 128 valence electrons. The van der Waals surface area contributed by atoms with Gasteiger partial charge in [0.15, 0.2) is 0 Å². The monoisotopic (exact) mass is 330 g/mol. The van der Waals surface area contributed by atoms with Crippen LogP contribution in [0.1, 0.15) is 32.6 Å². The predicted molar refractivity (Wildman–Crippen MR) is 83.7 cm³/mol. The quantitative estimate of drug-likeness (QED) is 0.567. The average Bonchev–Trinajstić information content (AvgIpc) is 2.96. The standard InChI is InChI=1S/C19H22O5/c1-9-7-18-8-10(9)11(20)6-12(18)19-5-3-4-17(2,16(23)24-19)14(19)13(18)15(21)22/h3-4,10-14,20H,1,5-8H2,2H3,(H,21,22)/t10?,11-,12+,13+,14+,17+,18-,19+/m0/s1. The number of carbonyl (C=O) groups is 2. The lowest BCUT2D eigenvalue weighted by molar-refractivity contribution is -0.162. The van der Waals surface area contributed by atoms with Gasteiger partial charge in [0.25, 0.3) is 0 Å². The van der Waals surface area contributed by atoms with Crippen LogP contribution in [0.15, 0.2) is 24.3 Å². The number of carboxylic acid groups (broad SMARTS) is 1. The number of ether oxygens (including phenoxy) is 1. The number of hydrogen-bond acceptors (Lipinski definition) is 4. The van der Waals surface area contributed by atoms with Crippen LogP contribution in [0.3, 0.4) is 0 Å². The SMILES string of the molecule is C=C1C[C@]23CC1[C@@H](O)C[C@H]2[C@@]12CC=C[C@@](C)(C(=O)O1)[C@H]2[C@@H]3C(=O)O. The molecule has 1 spiro atoms. The van der Waals surface area contributed by atoms with Crippen LogP contribution in [0.2, 0.25) is 0 Å². The molecule has 5 aliphatic rings. The Morgan fingerprint density at radius 1 is 1.46 bits per heavy atom. The van der Waals surface area contributed by atoms with E-state index in [0.717, 1.165) is 5.57 Å². The van der Waals surface area contributed by atoms with Crippen LogP contribution in [0.4, 0.5) is 0 Å². The molecule has 5 heteroatoms. The zero-order valence-electron chi connectivity index (χ0n) is 13.7. The number of carbonyl (C=O) groups excluding carboxylic acids is 1. The van der Waals surface area contributed by atoms with Crippen LogP contribution in [0, 0.1) is 34.5 Å². The van der Waals surface area contributed by atoms with Crippen molar-refractivity contribution in [3.05, 3.63) is 24.3 Å². The molecule has 1 saturated heterocycles. The summed E-state index contributed by atoms with van der Waals surface area (Å²) in [5.74, 6) is -2.26. The van der Waals surface area contributed by atoms with Crippen LogP contribution in [-0.2, 0) is 14.3 Å². The Kier molecular flexibility index (Phi) is 2.42. The van der Waals surface area contributed by atoms with E-state index in [1.54, 1.807) is 0 Å². The highest BCUT2D eigenvalue weighted by molar-refractivity contribution is 5.86. The molecule has 0 aromatic rings. The summed E-state index contributed by atoms with van der Waals surface area (Å²) < 4.78 is 5.97. The first-order valence-corrected chi connectivity index (χ1v) is 8.76. The van der Waals surface area contributed by atoms with E-state index in [2.05, 4.69) is 6.58 Å². The molecule has 3 saturated carbocycles. The Hall–Kier alpha value is -1.62. The fourth-order valence-corrected chi connectivity index (χ4v) is 7.22. The van der Waals surface area contributed by atoms with Crippen LogP contribution >= 0.6 is 0 Å². The first-order valence-electron chi connectivity index (χ1n) is 8.76. The van der Waals surface area contributed by atoms with Crippen molar-refractivity contribution in [3.63, 3.8) is 0 Å². The molecule has 0 radical (unpaired) electrons. The summed E-state index contributed by atoms with van der Waals surface area (Å²) in [6.45, 7) is 5.95. The molecular formula is C19H22O5. The minimum Gasteiger partial charge on any atom is -0.481 e. The number of hydrogen-bond donors (Lipinski definition) is 2. The number of aliphatic hydroxyl groups is 1. The predicted octanol–water partition coefficient (Wildman–Crippen LogP) is 1.91. The molecule has 4 fully saturated rings. The third-order valence-electron chi connectivity index (χ3n) is 7.92. The van der Waals surface area contributed by atoms with Gasteiger partial charge in [-0.25, -0.2) is 0 Å². The molecule has 8 atom stereocenters. The van der Waals surface area contributed by atoms with Crippen LogP contribution in [0.25, 0.3) is 0 Å². The summed E-state index contributed by atoms with van der Waals surface area (Å²) in [6, 6.07) is 0. The molecule has 0 amide bonds. The number of aliphatic carboxylic acids is 1. The Morgan fingerprint density at radius 3 is 2.92 bits per heavy atom. The van der Waals surface area contributed by atoms with E-state index in [1.165, 1.54) is 0 Å². The van der Waals surface area contributed by atoms with Gasteiger partial charge in [-0.3, -0.25) is 9.59 Å². The van der Waals surface area contributed by atoms with Gasteiger partial charge in [0.2, 0.25) is 0 Å². The van der Waals surface area contributed by atoms with Gasteiger partial charge in [-0.15, -0.1) is 0 Å². The van der Waals surface area contributed by atoms with Gasteiger partial charge >= 0.3 is 11.9 Å². The molecule has 5 rings (SSSR count). The first-order chi connectivity index (χ1) is 11.3. The van der Waals surface area contributed by atoms with Crippen molar-refractivity contribution in [2.75, 3.05) is 0 Å². The molecule has 2 N–H and O–H groups in total. The zero-order valence-corrected chi connectivity index (χ0v) is 13.7. The van der Waals surface area contributed by atoms with Gasteiger partial charge in [-0.2, -0.15) is 0 Å². The molecule has 4 bridgehead atoms. The van der Waals surface area contributed by atoms with E-state index in [0.29, 0.717) is 25.7 Å². The molecule has 1 unspecified atom stereocenters. The maximum absolute atomic E-state index is 12.6. The lowest BCUT2D eigenvalue weighted by Crippen LogP contribution is -2.47. The number of carboxylic acids is 1. The maximum atomic E-state index is 12.6. The molecule has 24 heavy (non-hydrogen) atoms. The first kappa shape index (κ1) is 14.7. The number of aliphatic hydroxyl groups excluding tert-OH is 1. The normalized spacial score (nSPS) is 56.8. The van der Waals surface area contributed by atoms with Crippen molar-refractivity contribution in [1.29, 1.82) is 0 Å². The van der Waals surface area contributed by atoms with Gasteiger partial charge in [0.1, 0.15) is 5.60 Å². The topological polar surface area (TPSA) is 83.8 Å². The average molecular weight is 330 g/mol. The Labute approximate surface area is 140 Å². The van der Waals surface area contributed by atoms with E-state index in [4.69, 9.17) is 4.74 Å². The van der Waals surface area contributed by atoms with Crippen molar-refractivity contribution in [1.82, 2.24) is 0 Å². The molecule has 0 aromatic heterocycles. The third-order valence-corrected chi connectivity index (χ3v) is 7.92. The fraction of sp³-hybridized carbons (Fsp3) is 0.684. The van der Waals surface area contributed by atoms with E-state index in [-0.39, 0.29) is 23.7 Å². The van der Waals surface area contributed by atoms with E-state index >= 15 is 0 Å². The van der Waals surface area contributed by atoms with Crippen LogP contribution in [0.5, 0.6) is 0 Å². The summed E-state index contributed by atoms with van der Waals surface area (Å²) in [6.07, 6.45) is 5.65. The highest BCUT2D eigenvalue weighted by Crippen LogP contribution is 2.76. The number of fused-ring (bicyclic) bond motifs is 1. The van der Waals surface area contributed by atoms with Gasteiger partial charge in [0.05, 0.1) is 17.4 Å². The number of rotatable bonds is 1. The Bertz CT molecular complexity index is 725. The summed E-state index contributed by atoms with van der Waals surface area (Å²) in [7, 11) is 0. The summed E-state index contributed by atoms with van der Waals surface area (Å²) in [5.41, 5.74) is -1.13. The van der Waals surface area contributed by atoms with E-state index in [9.17, 15) is 19.8 Å². The van der Waals surface area contributed by atoms with Gasteiger partial charge in [-0.1, -0.05) is 24.3 Å². The molecule has 0 aromatic carbocycles. The fourth-order valence-electron chi connectivity index (χ4n) is 7.22. The highest BCUT2D eigenvalue weighted by atomic mass is 16.6. The van der Waals surface area contributed by atoms with Crippen molar-refractivity contribution >= 4 is 11.9 Å². The van der Waals surface area contributed by atoms with Crippen molar-refractivity contribution in [3.8, 4) is 0 Å². The van der Waals surface area contributed by atoms with Gasteiger partial charge in [0, 0.05) is 24.2 Å². The Morgan fingerprint density at radius 2 is 2.21 bits per heavy atom. The summed E-state index contributed by atoms with van der Waals surface area (Å²) in [4.78, 5) is 25.0. The summed E-state index contributed by atoms with van der Waals surface area (Å²) >= 11 is 0. The zero-order chi connectivity index (χ0) is 17.1.